The molecule has 0 aliphatic rings. The van der Waals surface area contributed by atoms with Gasteiger partial charge in [0, 0.05) is 6.42 Å². The summed E-state index contributed by atoms with van der Waals surface area (Å²) in [5.74, 6) is -0.0349. The molecule has 0 saturated heterocycles. The van der Waals surface area contributed by atoms with Gasteiger partial charge in [-0.3, -0.25) is 4.79 Å². The van der Waals surface area contributed by atoms with Crippen molar-refractivity contribution in [3.05, 3.63) is 0 Å². The van der Waals surface area contributed by atoms with E-state index >= 15 is 0 Å². The van der Waals surface area contributed by atoms with Crippen LogP contribution >= 0.6 is 0 Å². The molecule has 0 aromatic heterocycles. The summed E-state index contributed by atoms with van der Waals surface area (Å²) in [6.45, 7) is 4.06. The summed E-state index contributed by atoms with van der Waals surface area (Å²) in [4.78, 5) is 10.9. The van der Waals surface area contributed by atoms with Gasteiger partial charge in [0.25, 0.3) is 5.97 Å². The summed E-state index contributed by atoms with van der Waals surface area (Å²) in [6, 6.07) is 0. The summed E-state index contributed by atoms with van der Waals surface area (Å²) >= 11 is 0. The number of unbranched alkanes of at least 4 members (excludes halogenated alkanes) is 4. The van der Waals surface area contributed by atoms with Gasteiger partial charge in [-0.05, 0) is 13.0 Å². The van der Waals surface area contributed by atoms with E-state index in [0.29, 0.717) is 16.2 Å². The zero-order valence-corrected chi connectivity index (χ0v) is 9.06. The molecular weight excluding hydrogens is 168 g/mol. The molecule has 0 aromatic rings. The van der Waals surface area contributed by atoms with Crippen LogP contribution in [0.25, 0.3) is 0 Å². The first-order valence-electron chi connectivity index (χ1n) is 4.67. The molecule has 0 bridgehead atoms. The van der Waals surface area contributed by atoms with E-state index in [9.17, 15) is 4.79 Å². The first-order valence-corrected chi connectivity index (χ1v) is 6.08. The maximum atomic E-state index is 10.9. The zero-order chi connectivity index (χ0) is 9.23. The van der Waals surface area contributed by atoms with Crippen LogP contribution in [0.3, 0.4) is 0 Å². The summed E-state index contributed by atoms with van der Waals surface area (Å²) in [6.07, 6.45) is 6.53. The predicted octanol–water partition coefficient (Wildman–Crippen LogP) is 2.56. The minimum Gasteiger partial charge on any atom is -0.517 e. The van der Waals surface area contributed by atoms with Gasteiger partial charge in [0.1, 0.15) is 0 Å². The molecule has 0 aliphatic heterocycles. The van der Waals surface area contributed by atoms with Gasteiger partial charge < -0.3 is 4.43 Å². The highest BCUT2D eigenvalue weighted by atomic mass is 28.2. The van der Waals surface area contributed by atoms with E-state index < -0.39 is 0 Å². The highest BCUT2D eigenvalue weighted by molar-refractivity contribution is 6.28. The highest BCUT2D eigenvalue weighted by Crippen LogP contribution is 2.05. The largest absolute Gasteiger partial charge is 0.517 e. The van der Waals surface area contributed by atoms with Crippen molar-refractivity contribution in [1.29, 1.82) is 0 Å². The second-order valence-corrected chi connectivity index (χ2v) is 3.45. The topological polar surface area (TPSA) is 26.3 Å². The van der Waals surface area contributed by atoms with Crippen LogP contribution in [0.4, 0.5) is 0 Å². The van der Waals surface area contributed by atoms with Crippen molar-refractivity contribution in [3.8, 4) is 0 Å². The molecule has 2 nitrogen and oxygen atoms in total. The second-order valence-electron chi connectivity index (χ2n) is 2.84. The van der Waals surface area contributed by atoms with Gasteiger partial charge in [-0.1, -0.05) is 32.6 Å². The van der Waals surface area contributed by atoms with Crippen molar-refractivity contribution in [2.75, 3.05) is 0 Å². The van der Waals surface area contributed by atoms with Crippen LogP contribution < -0.4 is 0 Å². The Labute approximate surface area is 77.6 Å². The quantitative estimate of drug-likeness (QED) is 0.451. The molecule has 0 amide bonds. The Morgan fingerprint density at radius 2 is 1.92 bits per heavy atom. The van der Waals surface area contributed by atoms with Gasteiger partial charge >= 0.3 is 9.76 Å². The maximum Gasteiger partial charge on any atom is 0.311 e. The third-order valence-corrected chi connectivity index (χ3v) is 2.13. The molecule has 0 aromatic carbocycles. The SMILES string of the molecule is CCCCCCCC(=O)O[Si]C. The monoisotopic (exact) mass is 186 g/mol. The maximum absolute atomic E-state index is 10.9. The second kappa shape index (κ2) is 8.78. The van der Waals surface area contributed by atoms with Crippen molar-refractivity contribution in [2.45, 2.75) is 52.0 Å². The van der Waals surface area contributed by atoms with Crippen LogP contribution in [0.2, 0.25) is 6.55 Å². The molecule has 0 fully saturated rings. The lowest BCUT2D eigenvalue weighted by Crippen LogP contribution is -2.05. The fraction of sp³-hybridized carbons (Fsp3) is 0.889. The van der Waals surface area contributed by atoms with Crippen molar-refractivity contribution in [3.63, 3.8) is 0 Å². The van der Waals surface area contributed by atoms with Gasteiger partial charge in [0.05, 0.1) is 0 Å². The van der Waals surface area contributed by atoms with E-state index in [1.54, 1.807) is 0 Å². The predicted molar refractivity (Wildman–Crippen MR) is 51.1 cm³/mol. The summed E-state index contributed by atoms with van der Waals surface area (Å²) < 4.78 is 4.84. The molecule has 0 spiro atoms. The van der Waals surface area contributed by atoms with Gasteiger partial charge in [0.2, 0.25) is 0 Å². The van der Waals surface area contributed by atoms with E-state index in [0.717, 1.165) is 12.8 Å². The average molecular weight is 186 g/mol. The van der Waals surface area contributed by atoms with Gasteiger partial charge in [0.15, 0.2) is 0 Å². The van der Waals surface area contributed by atoms with Crippen LogP contribution in [0.1, 0.15) is 45.4 Å². The van der Waals surface area contributed by atoms with Crippen molar-refractivity contribution >= 4 is 15.7 Å². The lowest BCUT2D eigenvalue weighted by Gasteiger charge is -2.00. The minimum absolute atomic E-state index is 0.0349. The Kier molecular flexibility index (Phi) is 8.55. The molecule has 0 saturated carbocycles. The Balaban J connectivity index is 3.03. The molecule has 3 heteroatoms. The van der Waals surface area contributed by atoms with E-state index in [4.69, 9.17) is 4.43 Å². The number of hydrogen-bond acceptors (Lipinski definition) is 2. The Morgan fingerprint density at radius 1 is 1.25 bits per heavy atom. The summed E-state index contributed by atoms with van der Waals surface area (Å²) in [5.41, 5.74) is 0. The van der Waals surface area contributed by atoms with Gasteiger partial charge in [-0.15, -0.1) is 0 Å². The van der Waals surface area contributed by atoms with Crippen LogP contribution in [0, 0.1) is 0 Å². The van der Waals surface area contributed by atoms with E-state index in [-0.39, 0.29) is 5.97 Å². The number of carbonyl (C=O) groups excluding carboxylic acids is 1. The summed E-state index contributed by atoms with van der Waals surface area (Å²) in [5, 5.41) is 0. The molecule has 0 heterocycles. The van der Waals surface area contributed by atoms with Gasteiger partial charge in [-0.25, -0.2) is 0 Å². The van der Waals surface area contributed by atoms with Crippen LogP contribution in [0.5, 0.6) is 0 Å². The Hall–Kier alpha value is -0.313. The smallest absolute Gasteiger partial charge is 0.311 e. The van der Waals surface area contributed by atoms with Crippen molar-refractivity contribution < 1.29 is 9.22 Å². The lowest BCUT2D eigenvalue weighted by molar-refractivity contribution is -0.134. The fourth-order valence-electron chi connectivity index (χ4n) is 1.04. The Bertz CT molecular complexity index is 115. The number of carbonyl (C=O) groups is 1. The third-order valence-electron chi connectivity index (χ3n) is 1.70. The molecule has 2 radical (unpaired) electrons. The highest BCUT2D eigenvalue weighted by Gasteiger charge is 1.99. The molecule has 0 atom stereocenters. The lowest BCUT2D eigenvalue weighted by atomic mass is 10.1. The molecule has 0 rings (SSSR count). The molecule has 70 valence electrons. The third kappa shape index (κ3) is 7.79. The van der Waals surface area contributed by atoms with Crippen LogP contribution in [-0.2, 0) is 9.22 Å². The fourth-order valence-corrected chi connectivity index (χ4v) is 1.37. The molecule has 0 unspecified atom stereocenters. The first kappa shape index (κ1) is 11.7. The van der Waals surface area contributed by atoms with Gasteiger partial charge in [-0.2, -0.15) is 0 Å². The van der Waals surface area contributed by atoms with Crippen LogP contribution in [0.15, 0.2) is 0 Å². The van der Waals surface area contributed by atoms with E-state index in [1.165, 1.54) is 19.3 Å². The van der Waals surface area contributed by atoms with Crippen molar-refractivity contribution in [1.82, 2.24) is 0 Å². The van der Waals surface area contributed by atoms with Crippen molar-refractivity contribution in [2.24, 2.45) is 0 Å². The van der Waals surface area contributed by atoms with E-state index in [2.05, 4.69) is 6.92 Å². The summed E-state index contributed by atoms with van der Waals surface area (Å²) in [7, 11) is 0.301. The first-order chi connectivity index (χ1) is 5.81. The molecular formula is C9H18O2Si. The average Bonchev–Trinajstić information content (AvgIpc) is 2.05. The number of hydrogen-bond donors (Lipinski definition) is 0. The molecule has 0 N–H and O–H groups in total. The normalized spacial score (nSPS) is 9.83. The molecule has 0 aliphatic carbocycles. The molecule has 12 heavy (non-hydrogen) atoms. The van der Waals surface area contributed by atoms with Crippen LogP contribution in [-0.4, -0.2) is 15.7 Å². The Morgan fingerprint density at radius 3 is 2.50 bits per heavy atom. The standard InChI is InChI=1S/C9H18O2Si/c1-3-4-5-6-7-8-9(10)11-12-2/h3-8H2,1-2H3. The minimum atomic E-state index is -0.0349. The zero-order valence-electron chi connectivity index (χ0n) is 8.06. The number of rotatable bonds is 7. The van der Waals surface area contributed by atoms with E-state index in [1.807, 2.05) is 6.55 Å².